The fourth-order valence-electron chi connectivity index (χ4n) is 4.22. The molecule has 1 heterocycles. The van der Waals surface area contributed by atoms with Gasteiger partial charge in [0.25, 0.3) is 0 Å². The van der Waals surface area contributed by atoms with E-state index in [9.17, 15) is 14.5 Å². The summed E-state index contributed by atoms with van der Waals surface area (Å²) >= 11 is 0. The van der Waals surface area contributed by atoms with E-state index in [0.29, 0.717) is 32.5 Å². The SMILES string of the molecule is O=C1N(Cc2ccccc2)C[C@H](/C=C/C(O)Cc2ccccc2)N1CCCCCCP(=O)(O)O. The molecule has 1 fully saturated rings. The molecule has 0 aromatic heterocycles. The van der Waals surface area contributed by atoms with Crippen LogP contribution in [0, 0.1) is 0 Å². The molecule has 3 rings (SSSR count). The van der Waals surface area contributed by atoms with Crippen LogP contribution < -0.4 is 0 Å². The number of carbonyl (C=O) groups is 1. The van der Waals surface area contributed by atoms with Crippen LogP contribution in [-0.2, 0) is 17.5 Å². The van der Waals surface area contributed by atoms with Crippen molar-refractivity contribution in [1.29, 1.82) is 0 Å². The van der Waals surface area contributed by atoms with Gasteiger partial charge in [-0.2, -0.15) is 0 Å². The Balaban J connectivity index is 1.58. The molecule has 2 amide bonds. The van der Waals surface area contributed by atoms with Gasteiger partial charge in [-0.25, -0.2) is 4.79 Å². The lowest BCUT2D eigenvalue weighted by Crippen LogP contribution is -2.35. The fraction of sp³-hybridized carbons (Fsp3) is 0.423. The van der Waals surface area contributed by atoms with E-state index in [1.54, 1.807) is 6.08 Å². The molecule has 0 radical (unpaired) electrons. The summed E-state index contributed by atoms with van der Waals surface area (Å²) in [4.78, 5) is 34.8. The Labute approximate surface area is 201 Å². The van der Waals surface area contributed by atoms with Gasteiger partial charge in [0.2, 0.25) is 0 Å². The largest absolute Gasteiger partial charge is 0.389 e. The Kier molecular flexibility index (Phi) is 9.90. The predicted octanol–water partition coefficient (Wildman–Crippen LogP) is 4.19. The predicted molar refractivity (Wildman–Crippen MR) is 133 cm³/mol. The van der Waals surface area contributed by atoms with Gasteiger partial charge in [0, 0.05) is 32.2 Å². The normalized spacial score (nSPS) is 17.6. The number of aliphatic hydroxyl groups is 1. The minimum absolute atomic E-state index is 0.0220. The lowest BCUT2D eigenvalue weighted by Gasteiger charge is -2.21. The van der Waals surface area contributed by atoms with Crippen LogP contribution in [0.2, 0.25) is 0 Å². The van der Waals surface area contributed by atoms with Crippen LogP contribution in [0.1, 0.15) is 36.8 Å². The van der Waals surface area contributed by atoms with Gasteiger partial charge in [-0.1, -0.05) is 85.7 Å². The van der Waals surface area contributed by atoms with Crippen LogP contribution in [0.4, 0.5) is 4.79 Å². The number of amides is 2. The van der Waals surface area contributed by atoms with E-state index in [0.717, 1.165) is 30.4 Å². The number of urea groups is 1. The number of hydrogen-bond donors (Lipinski definition) is 3. The van der Waals surface area contributed by atoms with Crippen molar-refractivity contribution in [3.05, 3.63) is 83.9 Å². The van der Waals surface area contributed by atoms with Gasteiger partial charge in [0.05, 0.1) is 12.1 Å². The van der Waals surface area contributed by atoms with E-state index in [4.69, 9.17) is 9.79 Å². The third kappa shape index (κ3) is 8.73. The molecule has 3 N–H and O–H groups in total. The monoisotopic (exact) mass is 486 g/mol. The molecule has 0 bridgehead atoms. The van der Waals surface area contributed by atoms with E-state index in [2.05, 4.69) is 0 Å². The van der Waals surface area contributed by atoms with Crippen LogP contribution in [0.25, 0.3) is 0 Å². The maximum Gasteiger partial charge on any atom is 0.325 e. The first kappa shape index (κ1) is 26.2. The second-order valence-corrected chi connectivity index (χ2v) is 10.6. The Morgan fingerprint density at radius 3 is 2.21 bits per heavy atom. The van der Waals surface area contributed by atoms with Crippen LogP contribution in [-0.4, -0.2) is 62.1 Å². The minimum Gasteiger partial charge on any atom is -0.389 e. The van der Waals surface area contributed by atoms with E-state index in [1.807, 2.05) is 76.5 Å². The lowest BCUT2D eigenvalue weighted by molar-refractivity contribution is 0.186. The van der Waals surface area contributed by atoms with E-state index >= 15 is 0 Å². The number of aliphatic hydroxyl groups excluding tert-OH is 1. The zero-order valence-corrected chi connectivity index (χ0v) is 20.3. The van der Waals surface area contributed by atoms with Crippen molar-refractivity contribution >= 4 is 13.6 Å². The summed E-state index contributed by atoms with van der Waals surface area (Å²) in [7, 11) is -3.94. The standard InChI is InChI=1S/C26H35N2O5P/c29-25(19-22-11-5-3-6-12-22)16-15-24-21-27(20-23-13-7-4-8-14-23)26(30)28(24)17-9-1-2-10-18-34(31,32)33/h3-8,11-16,24-25,29H,1-2,9-10,17-21H2,(H2,31,32,33)/b16-15+/t24-,25?/m0/s1. The van der Waals surface area contributed by atoms with Crippen molar-refractivity contribution in [1.82, 2.24) is 9.80 Å². The maximum absolute atomic E-state index is 13.2. The van der Waals surface area contributed by atoms with E-state index < -0.39 is 13.7 Å². The van der Waals surface area contributed by atoms with Gasteiger partial charge in [-0.05, 0) is 24.0 Å². The summed E-state index contributed by atoms with van der Waals surface area (Å²) < 4.78 is 11.0. The van der Waals surface area contributed by atoms with Crippen LogP contribution in [0.3, 0.4) is 0 Å². The summed E-state index contributed by atoms with van der Waals surface area (Å²) in [6.07, 6.45) is 6.28. The number of nitrogens with zero attached hydrogens (tertiary/aromatic N) is 2. The molecule has 1 unspecified atom stereocenters. The number of benzene rings is 2. The zero-order chi connectivity index (χ0) is 24.4. The van der Waals surface area contributed by atoms with Crippen molar-refractivity contribution in [3.63, 3.8) is 0 Å². The topological polar surface area (TPSA) is 101 Å². The molecule has 8 heteroatoms. The third-order valence-electron chi connectivity index (χ3n) is 5.98. The first-order valence-electron chi connectivity index (χ1n) is 11.9. The van der Waals surface area contributed by atoms with Crippen LogP contribution in [0.5, 0.6) is 0 Å². The second kappa shape index (κ2) is 12.9. The maximum atomic E-state index is 13.2. The molecule has 2 aromatic rings. The zero-order valence-electron chi connectivity index (χ0n) is 19.4. The quantitative estimate of drug-likeness (QED) is 0.224. The van der Waals surface area contributed by atoms with Gasteiger partial charge in [-0.15, -0.1) is 0 Å². The van der Waals surface area contributed by atoms with Crippen molar-refractivity contribution in [2.45, 2.75) is 50.8 Å². The van der Waals surface area contributed by atoms with E-state index in [1.165, 1.54) is 0 Å². The summed E-state index contributed by atoms with van der Waals surface area (Å²) in [5.74, 6) is 0. The van der Waals surface area contributed by atoms with Crippen LogP contribution >= 0.6 is 7.60 Å². The van der Waals surface area contributed by atoms with Gasteiger partial charge in [0.1, 0.15) is 0 Å². The highest BCUT2D eigenvalue weighted by molar-refractivity contribution is 7.51. The molecule has 34 heavy (non-hydrogen) atoms. The molecule has 1 aliphatic heterocycles. The van der Waals surface area contributed by atoms with Gasteiger partial charge >= 0.3 is 13.6 Å². The highest BCUT2D eigenvalue weighted by Gasteiger charge is 2.35. The van der Waals surface area contributed by atoms with Gasteiger partial charge < -0.3 is 24.7 Å². The molecule has 0 aliphatic carbocycles. The third-order valence-corrected chi connectivity index (χ3v) is 6.88. The average molecular weight is 487 g/mol. The molecule has 0 spiro atoms. The Morgan fingerprint density at radius 1 is 0.941 bits per heavy atom. The highest BCUT2D eigenvalue weighted by atomic mass is 31.2. The molecule has 0 saturated carbocycles. The smallest absolute Gasteiger partial charge is 0.325 e. The Morgan fingerprint density at radius 2 is 1.56 bits per heavy atom. The first-order valence-corrected chi connectivity index (χ1v) is 13.7. The number of carbonyl (C=O) groups excluding carboxylic acids is 1. The summed E-state index contributed by atoms with van der Waals surface area (Å²) in [5, 5.41) is 10.5. The summed E-state index contributed by atoms with van der Waals surface area (Å²) in [6, 6.07) is 19.5. The molecule has 1 aliphatic rings. The first-order chi connectivity index (χ1) is 16.3. The Hall–Kier alpha value is -2.44. The average Bonchev–Trinajstić information content (AvgIpc) is 3.09. The molecular formula is C26H35N2O5P. The fourth-order valence-corrected chi connectivity index (χ4v) is 4.86. The number of hydrogen-bond acceptors (Lipinski definition) is 3. The minimum atomic E-state index is -3.94. The Bertz CT molecular complexity index is 964. The molecule has 184 valence electrons. The highest BCUT2D eigenvalue weighted by Crippen LogP contribution is 2.35. The van der Waals surface area contributed by atoms with Crippen molar-refractivity contribution in [3.8, 4) is 0 Å². The van der Waals surface area contributed by atoms with Crippen molar-refractivity contribution in [2.75, 3.05) is 19.3 Å². The second-order valence-electron chi connectivity index (χ2n) is 8.85. The van der Waals surface area contributed by atoms with Crippen molar-refractivity contribution in [2.24, 2.45) is 0 Å². The molecule has 2 atom stereocenters. The summed E-state index contributed by atoms with van der Waals surface area (Å²) in [6.45, 7) is 1.67. The number of rotatable bonds is 13. The van der Waals surface area contributed by atoms with Gasteiger partial charge in [-0.3, -0.25) is 4.57 Å². The molecule has 1 saturated heterocycles. The molecule has 7 nitrogen and oxygen atoms in total. The molecule has 2 aromatic carbocycles. The van der Waals surface area contributed by atoms with E-state index in [-0.39, 0.29) is 18.2 Å². The number of unbranched alkanes of at least 4 members (excludes halogenated alkanes) is 3. The van der Waals surface area contributed by atoms with Crippen molar-refractivity contribution < 1.29 is 24.3 Å². The summed E-state index contributed by atoms with van der Waals surface area (Å²) in [5.41, 5.74) is 2.13. The van der Waals surface area contributed by atoms with Gasteiger partial charge in [0.15, 0.2) is 0 Å². The lowest BCUT2D eigenvalue weighted by atomic mass is 10.1. The van der Waals surface area contributed by atoms with Crippen LogP contribution in [0.15, 0.2) is 72.8 Å². The molecular weight excluding hydrogens is 451 g/mol.